The number of esters is 2. The van der Waals surface area contributed by atoms with Crippen molar-refractivity contribution in [2.45, 2.75) is 188 Å². The van der Waals surface area contributed by atoms with Gasteiger partial charge in [0.25, 0.3) is 28.5 Å². The molecule has 3 aromatic carbocycles. The molecule has 0 unspecified atom stereocenters. The van der Waals surface area contributed by atoms with Crippen molar-refractivity contribution < 1.29 is 49.1 Å². The monoisotopic (exact) mass is 1440 g/mol. The van der Waals surface area contributed by atoms with Gasteiger partial charge in [0, 0.05) is 88.0 Å². The van der Waals surface area contributed by atoms with Gasteiger partial charge in [-0.3, -0.25) is 33.6 Å². The number of nitrogens with zero attached hydrogens (tertiary/aromatic N) is 3. The number of aliphatic hydroxyl groups is 4. The quantitative estimate of drug-likeness (QED) is 0.0372. The van der Waals surface area contributed by atoms with Crippen LogP contribution in [0.1, 0.15) is 192 Å². The second-order valence-electron chi connectivity index (χ2n) is 27.7. The van der Waals surface area contributed by atoms with Crippen LogP contribution in [0.15, 0.2) is 87.6 Å². The van der Waals surface area contributed by atoms with Crippen molar-refractivity contribution in [1.29, 1.82) is 0 Å². The van der Waals surface area contributed by atoms with Crippen LogP contribution < -0.4 is 33.0 Å². The second kappa shape index (κ2) is 31.4. The van der Waals surface area contributed by atoms with E-state index in [1.165, 1.54) is 35.1 Å². The fourth-order valence-electron chi connectivity index (χ4n) is 11.5. The van der Waals surface area contributed by atoms with Crippen LogP contribution in [0.2, 0.25) is 15.1 Å². The predicted molar refractivity (Wildman–Crippen MR) is 372 cm³/mol. The number of hydrogen-bond donors (Lipinski definition) is 7. The van der Waals surface area contributed by atoms with E-state index in [0.29, 0.717) is 69.6 Å². The molecule has 3 aliphatic carbocycles. The van der Waals surface area contributed by atoms with Gasteiger partial charge in [0.1, 0.15) is 13.2 Å². The Kier molecular flexibility index (Phi) is 25.8. The maximum atomic E-state index is 13.0. The molecule has 3 aromatic heterocycles. The van der Waals surface area contributed by atoms with Gasteiger partial charge in [-0.2, -0.15) is 0 Å². The van der Waals surface area contributed by atoms with E-state index < -0.39 is 34.6 Å². The average Bonchev–Trinajstić information content (AvgIpc) is 0.788. The number of carbonyl (C=O) groups is 4. The van der Waals surface area contributed by atoms with E-state index in [1.807, 2.05) is 13.0 Å². The van der Waals surface area contributed by atoms with E-state index in [0.717, 1.165) is 60.3 Å². The number of aliphatic hydroxyl groups excluding tert-OH is 1. The first kappa shape index (κ1) is 75.6. The van der Waals surface area contributed by atoms with Crippen molar-refractivity contribution in [1.82, 2.24) is 24.3 Å². The van der Waals surface area contributed by atoms with Gasteiger partial charge in [-0.15, -0.1) is 0 Å². The van der Waals surface area contributed by atoms with Gasteiger partial charge in [0.15, 0.2) is 0 Å². The predicted octanol–water partition coefficient (Wildman–Crippen LogP) is 11.8. The van der Waals surface area contributed by atoms with Gasteiger partial charge in [0.05, 0.1) is 67.7 Å². The third-order valence-electron chi connectivity index (χ3n) is 18.5. The van der Waals surface area contributed by atoms with E-state index >= 15 is 0 Å². The molecule has 23 heteroatoms. The van der Waals surface area contributed by atoms with E-state index in [9.17, 15) is 54.0 Å². The van der Waals surface area contributed by atoms with Crippen molar-refractivity contribution in [3.63, 3.8) is 0 Å². The molecule has 0 bridgehead atoms. The molecule has 9 rings (SSSR count). The number of nitrogens with two attached hydrogens (primary N) is 1. The summed E-state index contributed by atoms with van der Waals surface area (Å²) in [6.45, 7) is 22.0. The highest BCUT2D eigenvalue weighted by atomic mass is 127. The number of rotatable bonds is 15. The fourth-order valence-corrected chi connectivity index (χ4v) is 12.8. The van der Waals surface area contributed by atoms with Gasteiger partial charge >= 0.3 is 11.9 Å². The minimum absolute atomic E-state index is 0.0665. The molecule has 2 amide bonds. The maximum Gasteiger partial charge on any atom is 0.302 e. The first-order chi connectivity index (χ1) is 42.9. The van der Waals surface area contributed by atoms with Gasteiger partial charge in [-0.05, 0) is 191 Å². The summed E-state index contributed by atoms with van der Waals surface area (Å²) < 4.78 is 15.3. The summed E-state index contributed by atoms with van der Waals surface area (Å²) in [5, 5.41) is 50.6. The molecule has 504 valence electrons. The summed E-state index contributed by atoms with van der Waals surface area (Å²) in [5.74, 6) is -1.61. The zero-order valence-corrected chi connectivity index (χ0v) is 59.2. The number of benzene rings is 3. The number of aromatic nitrogens is 3. The number of ether oxygens (including phenoxy) is 2. The summed E-state index contributed by atoms with van der Waals surface area (Å²) in [6.07, 6.45) is 14.9. The number of nitrogens with one attached hydrogen (secondary N) is 2. The SMILES string of the molecule is CC(=O)OC[C@@H](C)n1ccc2c(C(=O)NCC3(O)CCC(C)(C)CC3)c(Cl)ccc2c1=O.CC(=O)OC[C@@H](C)n1ccc2c(I)c(Cl)ccc2c1=O.CC1(C)CCC(O)(CN)CC1.C[C@H](CO)n1ccc2c(C(=O)NCC3(O)CCC(C)(C)CC3)c(Cl)ccc2c1=O. The van der Waals surface area contributed by atoms with Crippen LogP contribution in [0, 0.1) is 19.8 Å². The maximum absolute atomic E-state index is 13.0. The van der Waals surface area contributed by atoms with E-state index in [1.54, 1.807) is 73.4 Å². The largest absolute Gasteiger partial charge is 0.464 e. The first-order valence-electron chi connectivity index (χ1n) is 31.4. The minimum atomic E-state index is -0.943. The highest BCUT2D eigenvalue weighted by Crippen LogP contribution is 2.42. The summed E-state index contributed by atoms with van der Waals surface area (Å²) in [5.41, 5.74) is 3.61. The topological polar surface area (TPSA) is 284 Å². The van der Waals surface area contributed by atoms with Crippen molar-refractivity contribution in [2.24, 2.45) is 22.0 Å². The van der Waals surface area contributed by atoms with Crippen LogP contribution >= 0.6 is 57.4 Å². The van der Waals surface area contributed by atoms with Crippen LogP contribution in [0.25, 0.3) is 32.3 Å². The van der Waals surface area contributed by atoms with Crippen LogP contribution in [0.5, 0.6) is 0 Å². The molecule has 3 saturated carbocycles. The van der Waals surface area contributed by atoms with E-state index in [-0.39, 0.29) is 106 Å². The number of pyridine rings is 3. The summed E-state index contributed by atoms with van der Waals surface area (Å²) >= 11 is 20.8. The van der Waals surface area contributed by atoms with Gasteiger partial charge in [0.2, 0.25) is 0 Å². The Morgan fingerprint density at radius 2 is 0.804 bits per heavy atom. The van der Waals surface area contributed by atoms with Gasteiger partial charge in [-0.1, -0.05) is 76.3 Å². The summed E-state index contributed by atoms with van der Waals surface area (Å²) in [6, 6.07) is 13.9. The molecule has 3 fully saturated rings. The van der Waals surface area contributed by atoms with E-state index in [4.69, 9.17) is 50.0 Å². The van der Waals surface area contributed by atoms with Crippen LogP contribution in [-0.4, -0.2) is 114 Å². The third kappa shape index (κ3) is 19.6. The van der Waals surface area contributed by atoms with Crippen LogP contribution in [0.3, 0.4) is 0 Å². The minimum Gasteiger partial charge on any atom is -0.464 e. The van der Waals surface area contributed by atoms with Crippen molar-refractivity contribution >= 4 is 113 Å². The lowest BCUT2D eigenvalue weighted by atomic mass is 9.71. The molecule has 92 heavy (non-hydrogen) atoms. The molecule has 3 atom stereocenters. The van der Waals surface area contributed by atoms with E-state index in [2.05, 4.69) is 74.8 Å². The smallest absolute Gasteiger partial charge is 0.302 e. The first-order valence-corrected chi connectivity index (χ1v) is 33.6. The molecule has 3 aliphatic rings. The van der Waals surface area contributed by atoms with Crippen LogP contribution in [0.4, 0.5) is 0 Å². The third-order valence-corrected chi connectivity index (χ3v) is 20.9. The Morgan fingerprint density at radius 3 is 1.13 bits per heavy atom. The highest BCUT2D eigenvalue weighted by molar-refractivity contribution is 14.1. The summed E-state index contributed by atoms with van der Waals surface area (Å²) in [7, 11) is 0. The standard InChI is InChI=1S/C24H31ClN2O5.C22H29ClN2O4.C14H13ClINO3.C9H19NO/c1-15(13-32-16(2)28)27-12-7-17-18(22(27)30)5-6-19(25)20(17)21(29)26-14-24(31)10-8-23(3,4)9-11-24;1-14(12-26)25-11-6-15-16(20(25)28)4-5-17(23)18(15)19(27)24-13-22(29)9-7-21(2,3)8-10-22;1-8(7-20-9(2)18)17-6-5-10-11(14(17)19)3-4-12(15)13(10)16;1-8(2)3-5-9(11,7-10)6-4-8/h5-7,12,15,31H,8-11,13-14H2,1-4H3,(H,26,29);4-6,11,14,26,29H,7-10,12-13H2,1-3H3,(H,24,27);3-6,8H,7H2,1-2H3;11H,3-7,10H2,1-2H3/t15-;14-;8-;/m111./s1. The Labute approximate surface area is 566 Å². The number of fused-ring (bicyclic) bond motifs is 3. The van der Waals surface area contributed by atoms with Crippen LogP contribution in [-0.2, 0) is 19.1 Å². The normalized spacial score (nSPS) is 18.4. The van der Waals surface area contributed by atoms with Gasteiger partial charge in [-0.25, -0.2) is 0 Å². The fraction of sp³-hybridized carbons (Fsp3) is 0.551. The number of carbonyl (C=O) groups excluding carboxylic acids is 4. The molecular formula is C69H92Cl3IN6O13. The highest BCUT2D eigenvalue weighted by Gasteiger charge is 2.39. The molecule has 19 nitrogen and oxygen atoms in total. The average molecular weight is 1450 g/mol. The molecule has 0 spiro atoms. The zero-order valence-electron chi connectivity index (χ0n) is 54.8. The molecule has 3 heterocycles. The molecule has 8 N–H and O–H groups in total. The zero-order chi connectivity index (χ0) is 68.5. The Balaban J connectivity index is 0.000000206. The van der Waals surface area contributed by atoms with Crippen molar-refractivity contribution in [2.75, 3.05) is 39.5 Å². The molecule has 0 saturated heterocycles. The summed E-state index contributed by atoms with van der Waals surface area (Å²) in [4.78, 5) is 86.1. The number of halogens is 4. The lowest BCUT2D eigenvalue weighted by molar-refractivity contribution is -0.142. The molecule has 6 aromatic rings. The lowest BCUT2D eigenvalue weighted by Gasteiger charge is -2.40. The lowest BCUT2D eigenvalue weighted by Crippen LogP contribution is -2.46. The molecule has 0 aliphatic heterocycles. The number of hydrogen-bond acceptors (Lipinski definition) is 14. The van der Waals surface area contributed by atoms with Crippen molar-refractivity contribution in [3.05, 3.63) is 134 Å². The molecule has 0 radical (unpaired) electrons. The Bertz CT molecular complexity index is 3810. The van der Waals surface area contributed by atoms with Crippen molar-refractivity contribution in [3.8, 4) is 0 Å². The van der Waals surface area contributed by atoms with Gasteiger partial charge < -0.3 is 60.0 Å². The molecular weight excluding hydrogens is 1350 g/mol. The Morgan fingerprint density at radius 1 is 0.500 bits per heavy atom. The number of amides is 2. The Hall–Kier alpha value is -5.43. The second-order valence-corrected chi connectivity index (χ2v) is 30.0.